The fourth-order valence-electron chi connectivity index (χ4n) is 1.92. The summed E-state index contributed by atoms with van der Waals surface area (Å²) in [6, 6.07) is 17.6. The van der Waals surface area contributed by atoms with Crippen LogP contribution in [-0.2, 0) is 15.8 Å². The van der Waals surface area contributed by atoms with Gasteiger partial charge in [-0.1, -0.05) is 48.5 Å². The number of nitrogens with one attached hydrogen (secondary N) is 3. The molecule has 0 radical (unpaired) electrons. The number of rotatable bonds is 7. The van der Waals surface area contributed by atoms with Crippen molar-refractivity contribution in [2.24, 2.45) is 0 Å². The summed E-state index contributed by atoms with van der Waals surface area (Å²) in [4.78, 5) is 11.6. The zero-order chi connectivity index (χ0) is 16.5. The van der Waals surface area contributed by atoms with Gasteiger partial charge < -0.3 is 10.6 Å². The Morgan fingerprint density at radius 1 is 0.870 bits per heavy atom. The van der Waals surface area contributed by atoms with Gasteiger partial charge in [0.05, 0.1) is 5.75 Å². The highest BCUT2D eigenvalue weighted by Gasteiger charge is 2.10. The van der Waals surface area contributed by atoms with Crippen LogP contribution in [0.3, 0.4) is 0 Å². The Bertz CT molecular complexity index is 719. The van der Waals surface area contributed by atoms with Gasteiger partial charge >= 0.3 is 6.03 Å². The Balaban J connectivity index is 1.69. The Hall–Kier alpha value is -2.38. The van der Waals surface area contributed by atoms with Gasteiger partial charge in [-0.25, -0.2) is 17.9 Å². The summed E-state index contributed by atoms with van der Waals surface area (Å²) in [5.74, 6) is -0.0793. The number of benzene rings is 2. The molecule has 2 aromatic carbocycles. The van der Waals surface area contributed by atoms with Crippen LogP contribution in [0.2, 0.25) is 0 Å². The molecule has 23 heavy (non-hydrogen) atoms. The van der Waals surface area contributed by atoms with Crippen molar-refractivity contribution in [2.45, 2.75) is 5.75 Å². The van der Waals surface area contributed by atoms with Crippen LogP contribution >= 0.6 is 0 Å². The third-order valence-electron chi connectivity index (χ3n) is 2.96. The first-order valence-electron chi connectivity index (χ1n) is 7.16. The van der Waals surface area contributed by atoms with Gasteiger partial charge in [0.1, 0.15) is 0 Å². The molecule has 7 heteroatoms. The molecule has 122 valence electrons. The molecule has 0 unspecified atom stereocenters. The van der Waals surface area contributed by atoms with Crippen LogP contribution in [0.5, 0.6) is 0 Å². The molecule has 6 nitrogen and oxygen atoms in total. The van der Waals surface area contributed by atoms with Gasteiger partial charge in [-0.05, 0) is 17.7 Å². The smallest absolute Gasteiger partial charge is 0.319 e. The maximum Gasteiger partial charge on any atom is 0.319 e. The molecule has 0 aliphatic rings. The first-order chi connectivity index (χ1) is 11.1. The monoisotopic (exact) mass is 333 g/mol. The molecule has 0 aliphatic carbocycles. The van der Waals surface area contributed by atoms with E-state index in [0.29, 0.717) is 5.69 Å². The van der Waals surface area contributed by atoms with Crippen molar-refractivity contribution in [3.63, 3.8) is 0 Å². The number of hydrogen-bond donors (Lipinski definition) is 3. The fraction of sp³-hybridized carbons (Fsp3) is 0.188. The van der Waals surface area contributed by atoms with Crippen molar-refractivity contribution in [2.75, 3.05) is 18.4 Å². The van der Waals surface area contributed by atoms with Crippen molar-refractivity contribution in [1.82, 2.24) is 10.0 Å². The van der Waals surface area contributed by atoms with Gasteiger partial charge in [0.25, 0.3) is 0 Å². The number of carbonyl (C=O) groups excluding carboxylic acids is 1. The lowest BCUT2D eigenvalue weighted by Crippen LogP contribution is -2.37. The molecule has 0 atom stereocenters. The van der Waals surface area contributed by atoms with E-state index in [9.17, 15) is 13.2 Å². The molecule has 0 heterocycles. The molecule has 0 bridgehead atoms. The van der Waals surface area contributed by atoms with Crippen molar-refractivity contribution in [1.29, 1.82) is 0 Å². The van der Waals surface area contributed by atoms with Gasteiger partial charge in [0.2, 0.25) is 10.0 Å². The van der Waals surface area contributed by atoms with E-state index in [4.69, 9.17) is 0 Å². The van der Waals surface area contributed by atoms with Gasteiger partial charge in [-0.15, -0.1) is 0 Å². The highest BCUT2D eigenvalue weighted by molar-refractivity contribution is 7.88. The molecule has 0 fully saturated rings. The first-order valence-corrected chi connectivity index (χ1v) is 8.81. The molecular weight excluding hydrogens is 314 g/mol. The number of anilines is 1. The van der Waals surface area contributed by atoms with Crippen molar-refractivity contribution in [3.05, 3.63) is 66.2 Å². The van der Waals surface area contributed by atoms with E-state index in [1.807, 2.05) is 24.3 Å². The summed E-state index contributed by atoms with van der Waals surface area (Å²) in [5, 5.41) is 5.24. The molecule has 2 rings (SSSR count). The lowest BCUT2D eigenvalue weighted by atomic mass is 10.2. The standard InChI is InChI=1S/C16H19N3O3S/c20-16(19-15-9-5-2-6-10-15)17-11-12-18-23(21,22)13-14-7-3-1-4-8-14/h1-10,18H,11-13H2,(H2,17,19,20). The fourth-order valence-corrected chi connectivity index (χ4v) is 3.07. The number of para-hydroxylation sites is 1. The second kappa shape index (κ2) is 8.30. The highest BCUT2D eigenvalue weighted by Crippen LogP contribution is 2.04. The van der Waals surface area contributed by atoms with Crippen LogP contribution in [-0.4, -0.2) is 27.5 Å². The SMILES string of the molecule is O=C(NCCNS(=O)(=O)Cc1ccccc1)Nc1ccccc1. The zero-order valence-corrected chi connectivity index (χ0v) is 13.3. The minimum absolute atomic E-state index is 0.0793. The molecule has 0 saturated carbocycles. The summed E-state index contributed by atoms with van der Waals surface area (Å²) in [7, 11) is -3.41. The van der Waals surface area contributed by atoms with Crippen LogP contribution in [0.4, 0.5) is 10.5 Å². The average molecular weight is 333 g/mol. The maximum absolute atomic E-state index is 11.9. The molecule has 2 amide bonds. The number of sulfonamides is 1. The van der Waals surface area contributed by atoms with Gasteiger partial charge in [-0.3, -0.25) is 0 Å². The average Bonchev–Trinajstić information content (AvgIpc) is 2.53. The van der Waals surface area contributed by atoms with Crippen LogP contribution in [0.1, 0.15) is 5.56 Å². The van der Waals surface area contributed by atoms with E-state index in [0.717, 1.165) is 5.56 Å². The highest BCUT2D eigenvalue weighted by atomic mass is 32.2. The van der Waals surface area contributed by atoms with E-state index < -0.39 is 10.0 Å². The van der Waals surface area contributed by atoms with E-state index in [1.54, 1.807) is 36.4 Å². The van der Waals surface area contributed by atoms with Crippen LogP contribution in [0.15, 0.2) is 60.7 Å². The van der Waals surface area contributed by atoms with Gasteiger partial charge in [-0.2, -0.15) is 0 Å². The summed E-state index contributed by atoms with van der Waals surface area (Å²) >= 11 is 0. The lowest BCUT2D eigenvalue weighted by Gasteiger charge is -2.09. The molecular formula is C16H19N3O3S. The Labute approximate surface area is 136 Å². The van der Waals surface area contributed by atoms with Crippen LogP contribution in [0.25, 0.3) is 0 Å². The van der Waals surface area contributed by atoms with Gasteiger partial charge in [0, 0.05) is 18.8 Å². The van der Waals surface area contributed by atoms with Crippen LogP contribution < -0.4 is 15.4 Å². The molecule has 0 saturated heterocycles. The minimum atomic E-state index is -3.41. The summed E-state index contributed by atoms with van der Waals surface area (Å²) in [6.07, 6.45) is 0. The topological polar surface area (TPSA) is 87.3 Å². The predicted octanol–water partition coefficient (Wildman–Crippen LogP) is 1.93. The third kappa shape index (κ3) is 6.50. The molecule has 3 N–H and O–H groups in total. The Morgan fingerprint density at radius 3 is 2.13 bits per heavy atom. The predicted molar refractivity (Wildman–Crippen MR) is 90.5 cm³/mol. The summed E-state index contributed by atoms with van der Waals surface area (Å²) in [6.45, 7) is 0.337. The van der Waals surface area contributed by atoms with E-state index in [2.05, 4.69) is 15.4 Å². The van der Waals surface area contributed by atoms with Gasteiger partial charge in [0.15, 0.2) is 0 Å². The largest absolute Gasteiger partial charge is 0.337 e. The Morgan fingerprint density at radius 2 is 1.48 bits per heavy atom. The summed E-state index contributed by atoms with van der Waals surface area (Å²) in [5.41, 5.74) is 1.39. The maximum atomic E-state index is 11.9. The Kier molecular flexibility index (Phi) is 6.13. The number of amides is 2. The molecule has 2 aromatic rings. The van der Waals surface area contributed by atoms with E-state index in [1.165, 1.54) is 0 Å². The minimum Gasteiger partial charge on any atom is -0.337 e. The molecule has 0 aromatic heterocycles. The van der Waals surface area contributed by atoms with E-state index in [-0.39, 0.29) is 24.9 Å². The number of hydrogen-bond acceptors (Lipinski definition) is 3. The number of urea groups is 1. The van der Waals surface area contributed by atoms with E-state index >= 15 is 0 Å². The first kappa shape index (κ1) is 17.0. The summed E-state index contributed by atoms with van der Waals surface area (Å²) < 4.78 is 26.2. The zero-order valence-electron chi connectivity index (χ0n) is 12.5. The normalized spacial score (nSPS) is 11.0. The molecule has 0 aliphatic heterocycles. The third-order valence-corrected chi connectivity index (χ3v) is 4.32. The van der Waals surface area contributed by atoms with Crippen molar-refractivity contribution >= 4 is 21.7 Å². The van der Waals surface area contributed by atoms with Crippen molar-refractivity contribution < 1.29 is 13.2 Å². The second-order valence-corrected chi connectivity index (χ2v) is 6.69. The van der Waals surface area contributed by atoms with Crippen molar-refractivity contribution in [3.8, 4) is 0 Å². The second-order valence-electron chi connectivity index (χ2n) is 4.89. The quantitative estimate of drug-likeness (QED) is 0.677. The molecule has 0 spiro atoms. The van der Waals surface area contributed by atoms with Crippen LogP contribution in [0, 0.1) is 0 Å². The number of carbonyl (C=O) groups is 1. The lowest BCUT2D eigenvalue weighted by molar-refractivity contribution is 0.252.